The van der Waals surface area contributed by atoms with Crippen molar-refractivity contribution in [3.63, 3.8) is 0 Å². The van der Waals surface area contributed by atoms with Gasteiger partial charge in [0.2, 0.25) is 5.91 Å². The molecule has 0 radical (unpaired) electrons. The maximum absolute atomic E-state index is 12.1. The van der Waals surface area contributed by atoms with Crippen LogP contribution in [0.3, 0.4) is 0 Å². The van der Waals surface area contributed by atoms with Crippen LogP contribution in [0.15, 0.2) is 42.5 Å². The summed E-state index contributed by atoms with van der Waals surface area (Å²) in [7, 11) is 5.06. The fourth-order valence-corrected chi connectivity index (χ4v) is 2.42. The van der Waals surface area contributed by atoms with E-state index in [0.717, 1.165) is 5.56 Å². The Kier molecular flexibility index (Phi) is 6.38. The van der Waals surface area contributed by atoms with Crippen molar-refractivity contribution < 1.29 is 14.3 Å². The van der Waals surface area contributed by atoms with Gasteiger partial charge >= 0.3 is 0 Å². The summed E-state index contributed by atoms with van der Waals surface area (Å²) < 4.78 is 10.5. The number of hydrogen-bond acceptors (Lipinski definition) is 5. The molecule has 6 nitrogen and oxygen atoms in total. The predicted molar refractivity (Wildman–Crippen MR) is 95.7 cm³/mol. The second-order valence-corrected chi connectivity index (χ2v) is 5.60. The number of benzene rings is 2. The van der Waals surface area contributed by atoms with Crippen LogP contribution in [0.25, 0.3) is 0 Å². The largest absolute Gasteiger partial charge is 0.493 e. The van der Waals surface area contributed by atoms with Gasteiger partial charge in [-0.25, -0.2) is 0 Å². The molecule has 130 valence electrons. The van der Waals surface area contributed by atoms with Crippen LogP contribution in [0.2, 0.25) is 0 Å². The van der Waals surface area contributed by atoms with E-state index in [4.69, 9.17) is 14.7 Å². The lowest BCUT2D eigenvalue weighted by atomic mass is 10.2. The van der Waals surface area contributed by atoms with Crippen molar-refractivity contribution >= 4 is 11.6 Å². The average Bonchev–Trinajstić information content (AvgIpc) is 2.62. The Morgan fingerprint density at radius 2 is 1.80 bits per heavy atom. The molecule has 0 aromatic heterocycles. The molecule has 0 unspecified atom stereocenters. The summed E-state index contributed by atoms with van der Waals surface area (Å²) in [6, 6.07) is 14.5. The molecule has 0 aliphatic rings. The summed E-state index contributed by atoms with van der Waals surface area (Å²) in [5, 5.41) is 11.6. The van der Waals surface area contributed by atoms with Crippen molar-refractivity contribution in [1.29, 1.82) is 5.26 Å². The minimum atomic E-state index is -0.118. The SMILES string of the molecule is COc1ccc(CN(C)CC(=O)Nc2ccc(C#N)cc2)cc1OC. The van der Waals surface area contributed by atoms with Gasteiger partial charge in [-0.05, 0) is 49.0 Å². The summed E-state index contributed by atoms with van der Waals surface area (Å²) in [5.41, 5.74) is 2.25. The Balaban J connectivity index is 1.91. The second-order valence-electron chi connectivity index (χ2n) is 5.60. The van der Waals surface area contributed by atoms with Crippen LogP contribution >= 0.6 is 0 Å². The van der Waals surface area contributed by atoms with E-state index in [-0.39, 0.29) is 12.5 Å². The zero-order valence-electron chi connectivity index (χ0n) is 14.6. The first kappa shape index (κ1) is 18.3. The van der Waals surface area contributed by atoms with Crippen molar-refractivity contribution in [3.8, 4) is 17.6 Å². The normalized spacial score (nSPS) is 10.2. The molecular formula is C19H21N3O3. The molecule has 0 spiro atoms. The number of anilines is 1. The molecule has 2 rings (SSSR count). The number of nitrogens with zero attached hydrogens (tertiary/aromatic N) is 2. The number of likely N-dealkylation sites (N-methyl/N-ethyl adjacent to an activating group) is 1. The first-order valence-corrected chi connectivity index (χ1v) is 7.75. The number of hydrogen-bond donors (Lipinski definition) is 1. The molecule has 0 aliphatic carbocycles. The smallest absolute Gasteiger partial charge is 0.238 e. The highest BCUT2D eigenvalue weighted by molar-refractivity contribution is 5.92. The van der Waals surface area contributed by atoms with Crippen LogP contribution in [0.1, 0.15) is 11.1 Å². The average molecular weight is 339 g/mol. The number of ether oxygens (including phenoxy) is 2. The third kappa shape index (κ3) is 5.23. The van der Waals surface area contributed by atoms with Crippen LogP contribution in [-0.2, 0) is 11.3 Å². The highest BCUT2D eigenvalue weighted by Crippen LogP contribution is 2.27. The topological polar surface area (TPSA) is 74.6 Å². The predicted octanol–water partition coefficient (Wildman–Crippen LogP) is 2.65. The van der Waals surface area contributed by atoms with E-state index in [2.05, 4.69) is 5.32 Å². The molecule has 2 aromatic carbocycles. The number of rotatable bonds is 7. The van der Waals surface area contributed by atoms with E-state index < -0.39 is 0 Å². The van der Waals surface area contributed by atoms with Gasteiger partial charge in [0.05, 0.1) is 32.4 Å². The fraction of sp³-hybridized carbons (Fsp3) is 0.263. The molecule has 0 aliphatic heterocycles. The molecule has 0 saturated heterocycles. The zero-order valence-corrected chi connectivity index (χ0v) is 14.6. The van der Waals surface area contributed by atoms with E-state index in [0.29, 0.717) is 29.3 Å². The number of carbonyl (C=O) groups excluding carboxylic acids is 1. The maximum Gasteiger partial charge on any atom is 0.238 e. The summed E-state index contributed by atoms with van der Waals surface area (Å²) >= 11 is 0. The lowest BCUT2D eigenvalue weighted by Crippen LogP contribution is -2.29. The third-order valence-electron chi connectivity index (χ3n) is 3.61. The van der Waals surface area contributed by atoms with Crippen LogP contribution in [0, 0.1) is 11.3 Å². The van der Waals surface area contributed by atoms with Gasteiger partial charge in [-0.15, -0.1) is 0 Å². The van der Waals surface area contributed by atoms with Crippen molar-refractivity contribution in [2.24, 2.45) is 0 Å². The highest BCUT2D eigenvalue weighted by atomic mass is 16.5. The summed E-state index contributed by atoms with van der Waals surface area (Å²) in [6.45, 7) is 0.843. The summed E-state index contributed by atoms with van der Waals surface area (Å²) in [4.78, 5) is 14.0. The van der Waals surface area contributed by atoms with E-state index in [1.165, 1.54) is 0 Å². The number of carbonyl (C=O) groups is 1. The molecule has 0 fully saturated rings. The Hall–Kier alpha value is -3.04. The van der Waals surface area contributed by atoms with E-state index in [9.17, 15) is 4.79 Å². The Labute approximate surface area is 147 Å². The van der Waals surface area contributed by atoms with Crippen molar-refractivity contribution in [2.75, 3.05) is 33.1 Å². The summed E-state index contributed by atoms with van der Waals surface area (Å²) in [5.74, 6) is 1.22. The highest BCUT2D eigenvalue weighted by Gasteiger charge is 2.10. The lowest BCUT2D eigenvalue weighted by Gasteiger charge is -2.17. The molecule has 1 amide bonds. The van der Waals surface area contributed by atoms with Gasteiger partial charge in [0, 0.05) is 12.2 Å². The fourth-order valence-electron chi connectivity index (χ4n) is 2.42. The number of amides is 1. The van der Waals surface area contributed by atoms with Gasteiger partial charge in [0.1, 0.15) is 0 Å². The second kappa shape index (κ2) is 8.71. The van der Waals surface area contributed by atoms with E-state index in [1.54, 1.807) is 38.5 Å². The number of nitrogens with one attached hydrogen (secondary N) is 1. The van der Waals surface area contributed by atoms with E-state index >= 15 is 0 Å². The molecule has 6 heteroatoms. The van der Waals surface area contributed by atoms with Crippen LogP contribution in [-0.4, -0.2) is 38.6 Å². The third-order valence-corrected chi connectivity index (χ3v) is 3.61. The van der Waals surface area contributed by atoms with Crippen LogP contribution in [0.4, 0.5) is 5.69 Å². The molecular weight excluding hydrogens is 318 g/mol. The molecule has 0 saturated carbocycles. The Bertz CT molecular complexity index is 766. The summed E-state index contributed by atoms with van der Waals surface area (Å²) in [6.07, 6.45) is 0. The van der Waals surface area contributed by atoms with Crippen molar-refractivity contribution in [2.45, 2.75) is 6.54 Å². The minimum absolute atomic E-state index is 0.118. The van der Waals surface area contributed by atoms with E-state index in [1.807, 2.05) is 36.2 Å². The quantitative estimate of drug-likeness (QED) is 0.839. The van der Waals surface area contributed by atoms with Gasteiger partial charge in [0.15, 0.2) is 11.5 Å². The van der Waals surface area contributed by atoms with Crippen molar-refractivity contribution in [1.82, 2.24) is 4.90 Å². The van der Waals surface area contributed by atoms with Gasteiger partial charge < -0.3 is 14.8 Å². The van der Waals surface area contributed by atoms with Gasteiger partial charge in [-0.3, -0.25) is 9.69 Å². The van der Waals surface area contributed by atoms with Gasteiger partial charge in [-0.1, -0.05) is 6.07 Å². The molecule has 0 atom stereocenters. The number of methoxy groups -OCH3 is 2. The van der Waals surface area contributed by atoms with Crippen molar-refractivity contribution in [3.05, 3.63) is 53.6 Å². The Morgan fingerprint density at radius 3 is 2.40 bits per heavy atom. The molecule has 1 N–H and O–H groups in total. The van der Waals surface area contributed by atoms with Crippen LogP contribution in [0.5, 0.6) is 11.5 Å². The molecule has 25 heavy (non-hydrogen) atoms. The standard InChI is InChI=1S/C19H21N3O3/c1-22(12-15-6-9-17(24-2)18(10-15)25-3)13-19(23)21-16-7-4-14(11-20)5-8-16/h4-10H,12-13H2,1-3H3,(H,21,23). The first-order valence-electron chi connectivity index (χ1n) is 7.75. The molecule has 0 heterocycles. The number of nitriles is 1. The zero-order chi connectivity index (χ0) is 18.2. The minimum Gasteiger partial charge on any atom is -0.493 e. The monoisotopic (exact) mass is 339 g/mol. The Morgan fingerprint density at radius 1 is 1.12 bits per heavy atom. The molecule has 2 aromatic rings. The van der Waals surface area contributed by atoms with Gasteiger partial charge in [-0.2, -0.15) is 5.26 Å². The lowest BCUT2D eigenvalue weighted by molar-refractivity contribution is -0.117. The van der Waals surface area contributed by atoms with Gasteiger partial charge in [0.25, 0.3) is 0 Å². The maximum atomic E-state index is 12.1. The van der Waals surface area contributed by atoms with Crippen LogP contribution < -0.4 is 14.8 Å². The molecule has 0 bridgehead atoms. The first-order chi connectivity index (χ1) is 12.0.